The smallest absolute Gasteiger partial charge is 0.322 e. The fraction of sp³-hybridized carbons (Fsp3) is 0.750. The first-order valence-corrected chi connectivity index (χ1v) is 4.16. The van der Waals surface area contributed by atoms with E-state index < -0.39 is 17.9 Å². The number of carbonyl (C=O) groups is 2. The summed E-state index contributed by atoms with van der Waals surface area (Å²) in [5.74, 6) is -0.891. The van der Waals surface area contributed by atoms with E-state index in [2.05, 4.69) is 10.4 Å². The van der Waals surface area contributed by atoms with Crippen molar-refractivity contribution in [2.75, 3.05) is 6.54 Å². The van der Waals surface area contributed by atoms with Crippen molar-refractivity contribution in [3.05, 3.63) is 0 Å². The van der Waals surface area contributed by atoms with Crippen LogP contribution in [0.25, 0.3) is 1.43 Å². The Kier molecular flexibility index (Phi) is 4.25. The number of rotatable bonds is 5. The Morgan fingerprint density at radius 3 is 2.69 bits per heavy atom. The topological polar surface area (TPSA) is 92.4 Å². The molecule has 0 aromatic rings. The summed E-state index contributed by atoms with van der Waals surface area (Å²) in [6.07, 6.45) is 0.557. The Hall–Kier alpha value is -1.10. The lowest BCUT2D eigenvalue weighted by Gasteiger charge is -2.12. The number of carbonyl (C=O) groups excluding carboxylic acids is 1. The summed E-state index contributed by atoms with van der Waals surface area (Å²) in [6, 6.07) is -0.617. The Bertz CT molecular complexity index is 209. The Morgan fingerprint density at radius 2 is 2.23 bits per heavy atom. The predicted molar refractivity (Wildman–Crippen MR) is 48.1 cm³/mol. The van der Waals surface area contributed by atoms with Crippen LogP contribution in [0.2, 0.25) is 0 Å². The van der Waals surface area contributed by atoms with Crippen molar-refractivity contribution in [3.63, 3.8) is 0 Å². The standard InChI is InChI=1S/C8H16N2O3/c1-5(2)3-6(9)8(13)10-4-7(11)12/h5-6H,3-4,9H2,1-2H3,(H,10,13)(H,11,12)/t6-/m0/s1/i/hD. The first-order valence-electron chi connectivity index (χ1n) is 4.57. The average molecular weight is 189 g/mol. The zero-order valence-electron chi connectivity index (χ0n) is 8.87. The van der Waals surface area contributed by atoms with Crippen LogP contribution in [0.1, 0.15) is 20.3 Å². The molecule has 0 aromatic heterocycles. The molecule has 0 aliphatic rings. The molecule has 0 saturated heterocycles. The van der Waals surface area contributed by atoms with E-state index in [0.717, 1.165) is 0 Å². The molecule has 0 aliphatic carbocycles. The maximum absolute atomic E-state index is 11.2. The molecule has 0 saturated carbocycles. The fourth-order valence-corrected chi connectivity index (χ4v) is 0.905. The maximum Gasteiger partial charge on any atom is 0.322 e. The summed E-state index contributed by atoms with van der Waals surface area (Å²) in [4.78, 5) is 21.7. The van der Waals surface area contributed by atoms with Gasteiger partial charge in [-0.3, -0.25) is 9.59 Å². The van der Waals surface area contributed by atoms with Crippen LogP contribution < -0.4 is 11.1 Å². The lowest BCUT2D eigenvalue weighted by molar-refractivity contribution is -0.138. The normalized spacial score (nSPS) is 13.4. The van der Waals surface area contributed by atoms with Crippen molar-refractivity contribution < 1.29 is 14.7 Å². The predicted octanol–water partition coefficient (Wildman–Crippen LogP) is -0.439. The van der Waals surface area contributed by atoms with Crippen LogP contribution in [0.5, 0.6) is 0 Å². The Balaban J connectivity index is 3.78. The summed E-state index contributed by atoms with van der Waals surface area (Å²) >= 11 is 0. The first kappa shape index (κ1) is 9.98. The Morgan fingerprint density at radius 1 is 1.62 bits per heavy atom. The van der Waals surface area contributed by atoms with E-state index in [0.29, 0.717) is 12.3 Å². The molecule has 0 spiro atoms. The lowest BCUT2D eigenvalue weighted by Crippen LogP contribution is -2.43. The van der Waals surface area contributed by atoms with E-state index in [9.17, 15) is 9.59 Å². The zero-order valence-corrected chi connectivity index (χ0v) is 7.87. The third kappa shape index (κ3) is 6.10. The number of nitrogens with two attached hydrogens (primary N) is 1. The molecule has 0 aliphatic heterocycles. The van der Waals surface area contributed by atoms with Crippen molar-refractivity contribution in [2.45, 2.75) is 26.3 Å². The van der Waals surface area contributed by atoms with E-state index >= 15 is 0 Å². The summed E-state index contributed by atoms with van der Waals surface area (Å²) in [5, 5.41) is 5.90. The molecule has 13 heavy (non-hydrogen) atoms. The van der Waals surface area contributed by atoms with Crippen LogP contribution in [-0.4, -0.2) is 29.6 Å². The van der Waals surface area contributed by atoms with Gasteiger partial charge in [-0.1, -0.05) is 13.8 Å². The SMILES string of the molecule is [2H]OC(=O)CNC(=O)[C@@H](N)CC(C)C. The van der Waals surface area contributed by atoms with Gasteiger partial charge in [0.05, 0.1) is 6.04 Å². The highest BCUT2D eigenvalue weighted by Crippen LogP contribution is 2.01. The molecule has 1 atom stereocenters. The van der Waals surface area contributed by atoms with Gasteiger partial charge in [0.1, 0.15) is 6.54 Å². The van der Waals surface area contributed by atoms with E-state index in [4.69, 9.17) is 7.16 Å². The Labute approximate surface area is 78.8 Å². The van der Waals surface area contributed by atoms with Gasteiger partial charge in [-0.15, -0.1) is 0 Å². The number of amides is 1. The molecule has 0 heterocycles. The van der Waals surface area contributed by atoms with Gasteiger partial charge in [0, 0.05) is 0 Å². The number of aliphatic carboxylic acids is 1. The average Bonchev–Trinajstić information content (AvgIpc) is 2.12. The van der Waals surface area contributed by atoms with E-state index in [-0.39, 0.29) is 6.54 Å². The van der Waals surface area contributed by atoms with Gasteiger partial charge in [-0.2, -0.15) is 0 Å². The van der Waals surface area contributed by atoms with E-state index in [1.807, 2.05) is 13.8 Å². The van der Waals surface area contributed by atoms with Crippen molar-refractivity contribution in [3.8, 4) is 0 Å². The molecule has 5 heteroatoms. The monoisotopic (exact) mass is 189 g/mol. The van der Waals surface area contributed by atoms with Crippen molar-refractivity contribution in [1.29, 1.82) is 1.43 Å². The molecular formula is C8H16N2O3. The number of carboxylic acids is 1. The highest BCUT2D eigenvalue weighted by atomic mass is 16.4. The highest BCUT2D eigenvalue weighted by Gasteiger charge is 2.14. The summed E-state index contributed by atoms with van der Waals surface area (Å²) in [6.45, 7) is 3.59. The number of carboxylic acid groups (broad SMARTS) is 1. The number of hydrogen-bond acceptors (Lipinski definition) is 4. The van der Waals surface area contributed by atoms with Gasteiger partial charge in [0.25, 0.3) is 1.43 Å². The van der Waals surface area contributed by atoms with Crippen LogP contribution in [-0.2, 0) is 9.59 Å². The zero-order chi connectivity index (χ0) is 11.1. The second-order valence-electron chi connectivity index (χ2n) is 3.33. The quantitative estimate of drug-likeness (QED) is 0.546. The molecule has 0 aromatic carbocycles. The molecule has 0 radical (unpaired) electrons. The van der Waals surface area contributed by atoms with Gasteiger partial charge >= 0.3 is 5.97 Å². The molecule has 0 fully saturated rings. The van der Waals surface area contributed by atoms with E-state index in [1.165, 1.54) is 0 Å². The van der Waals surface area contributed by atoms with Gasteiger partial charge in [0.15, 0.2) is 0 Å². The van der Waals surface area contributed by atoms with Crippen LogP contribution in [0.3, 0.4) is 0 Å². The second kappa shape index (κ2) is 5.53. The maximum atomic E-state index is 11.2. The van der Waals surface area contributed by atoms with Crippen LogP contribution in [0.4, 0.5) is 0 Å². The molecule has 5 nitrogen and oxygen atoms in total. The lowest BCUT2D eigenvalue weighted by atomic mass is 10.0. The molecule has 4 N–H and O–H groups in total. The van der Waals surface area contributed by atoms with Crippen molar-refractivity contribution in [2.24, 2.45) is 11.7 Å². The van der Waals surface area contributed by atoms with Crippen LogP contribution >= 0.6 is 0 Å². The van der Waals surface area contributed by atoms with Crippen LogP contribution in [0, 0.1) is 5.92 Å². The molecule has 1 amide bonds. The third-order valence-corrected chi connectivity index (χ3v) is 1.47. The summed E-state index contributed by atoms with van der Waals surface area (Å²) in [7, 11) is 0. The second-order valence-corrected chi connectivity index (χ2v) is 3.33. The van der Waals surface area contributed by atoms with Gasteiger partial charge in [-0.05, 0) is 12.3 Å². The van der Waals surface area contributed by atoms with Crippen molar-refractivity contribution in [1.82, 2.24) is 5.32 Å². The van der Waals surface area contributed by atoms with Crippen molar-refractivity contribution >= 4 is 11.9 Å². The summed E-state index contributed by atoms with van der Waals surface area (Å²) in [5.41, 5.74) is 5.53. The largest absolute Gasteiger partial charge is 0.480 e. The fourth-order valence-electron chi connectivity index (χ4n) is 0.905. The third-order valence-electron chi connectivity index (χ3n) is 1.47. The van der Waals surface area contributed by atoms with Gasteiger partial charge < -0.3 is 16.2 Å². The molecule has 76 valence electrons. The van der Waals surface area contributed by atoms with Crippen LogP contribution in [0.15, 0.2) is 0 Å². The molecule has 0 bridgehead atoms. The van der Waals surface area contributed by atoms with Gasteiger partial charge in [0.2, 0.25) is 5.91 Å². The molecular weight excluding hydrogens is 172 g/mol. The van der Waals surface area contributed by atoms with E-state index in [1.54, 1.807) is 0 Å². The minimum atomic E-state index is -0.810. The molecule has 0 unspecified atom stereocenters. The number of hydrogen-bond donors (Lipinski definition) is 3. The van der Waals surface area contributed by atoms with Gasteiger partial charge in [-0.25, -0.2) is 0 Å². The minimum Gasteiger partial charge on any atom is -0.480 e. The highest BCUT2D eigenvalue weighted by molar-refractivity contribution is 5.84. The number of nitrogens with one attached hydrogen (secondary N) is 1. The summed E-state index contributed by atoms with van der Waals surface area (Å²) < 4.78 is 6.24. The first-order chi connectivity index (χ1) is 6.47. The molecule has 0 rings (SSSR count). The minimum absolute atomic E-state index is 0.311.